The van der Waals surface area contributed by atoms with E-state index in [1.807, 2.05) is 14.0 Å². The van der Waals surface area contributed by atoms with Crippen LogP contribution in [0.1, 0.15) is 22.8 Å². The van der Waals surface area contributed by atoms with Crippen LogP contribution in [-0.4, -0.2) is 25.8 Å². The molecule has 2 aromatic rings. The number of aryl methyl sites for hydroxylation is 2. The maximum atomic E-state index is 10.9. The molecule has 0 aliphatic carbocycles. The number of aromatic nitrogens is 3. The predicted molar refractivity (Wildman–Crippen MR) is 70.5 cm³/mol. The van der Waals surface area contributed by atoms with Crippen molar-refractivity contribution in [2.75, 3.05) is 0 Å². The van der Waals surface area contributed by atoms with Crippen LogP contribution in [0, 0.1) is 0 Å². The molecular formula is C12H12BrN3O2. The highest BCUT2D eigenvalue weighted by atomic mass is 79.9. The summed E-state index contributed by atoms with van der Waals surface area (Å²) in [6, 6.07) is 1.66. The zero-order chi connectivity index (χ0) is 13.3. The Morgan fingerprint density at radius 3 is 2.72 bits per heavy atom. The van der Waals surface area contributed by atoms with Crippen LogP contribution in [-0.2, 0) is 13.5 Å². The number of pyridine rings is 1. The lowest BCUT2D eigenvalue weighted by atomic mass is 10.1. The van der Waals surface area contributed by atoms with E-state index in [0.717, 1.165) is 21.4 Å². The summed E-state index contributed by atoms with van der Waals surface area (Å²) in [6.45, 7) is 1.97. The summed E-state index contributed by atoms with van der Waals surface area (Å²) in [5.74, 6) is -0.965. The number of rotatable bonds is 3. The molecule has 0 fully saturated rings. The van der Waals surface area contributed by atoms with E-state index in [2.05, 4.69) is 26.0 Å². The average Bonchev–Trinajstić information content (AvgIpc) is 2.68. The van der Waals surface area contributed by atoms with Crippen molar-refractivity contribution >= 4 is 21.9 Å². The molecule has 18 heavy (non-hydrogen) atoms. The van der Waals surface area contributed by atoms with Gasteiger partial charge in [-0.05, 0) is 34.0 Å². The van der Waals surface area contributed by atoms with Crippen molar-refractivity contribution in [2.45, 2.75) is 13.3 Å². The molecule has 2 heterocycles. The Morgan fingerprint density at radius 1 is 1.50 bits per heavy atom. The van der Waals surface area contributed by atoms with Crippen molar-refractivity contribution in [3.63, 3.8) is 0 Å². The van der Waals surface area contributed by atoms with E-state index in [4.69, 9.17) is 5.11 Å². The largest absolute Gasteiger partial charge is 0.478 e. The Bertz CT molecular complexity index is 588. The molecule has 2 rings (SSSR count). The number of carbonyl (C=O) groups is 1. The molecule has 6 heteroatoms. The highest BCUT2D eigenvalue weighted by Gasteiger charge is 2.15. The first-order valence-electron chi connectivity index (χ1n) is 5.44. The number of carboxylic acids is 1. The van der Waals surface area contributed by atoms with Gasteiger partial charge in [-0.25, -0.2) is 4.79 Å². The summed E-state index contributed by atoms with van der Waals surface area (Å²) >= 11 is 3.42. The molecule has 0 atom stereocenters. The number of carboxylic acid groups (broad SMARTS) is 1. The Balaban J connectivity index is 2.62. The second-order valence-corrected chi connectivity index (χ2v) is 4.71. The lowest BCUT2D eigenvalue weighted by Gasteiger charge is -2.09. The van der Waals surface area contributed by atoms with Crippen molar-refractivity contribution in [3.8, 4) is 11.4 Å². The minimum Gasteiger partial charge on any atom is -0.478 e. The summed E-state index contributed by atoms with van der Waals surface area (Å²) in [5.41, 5.74) is 2.70. The lowest BCUT2D eigenvalue weighted by molar-refractivity contribution is 0.0696. The first kappa shape index (κ1) is 12.8. The van der Waals surface area contributed by atoms with E-state index < -0.39 is 5.97 Å². The number of hydrogen-bond acceptors (Lipinski definition) is 3. The molecule has 0 bridgehead atoms. The van der Waals surface area contributed by atoms with Crippen LogP contribution in [0.4, 0.5) is 0 Å². The van der Waals surface area contributed by atoms with E-state index in [9.17, 15) is 4.79 Å². The van der Waals surface area contributed by atoms with Gasteiger partial charge in [-0.1, -0.05) is 6.92 Å². The van der Waals surface area contributed by atoms with E-state index in [1.165, 1.54) is 6.20 Å². The molecule has 94 valence electrons. The summed E-state index contributed by atoms with van der Waals surface area (Å²) in [4.78, 5) is 15.2. The van der Waals surface area contributed by atoms with Crippen molar-refractivity contribution < 1.29 is 9.90 Å². The topological polar surface area (TPSA) is 68.0 Å². The van der Waals surface area contributed by atoms with E-state index in [1.54, 1.807) is 16.9 Å². The van der Waals surface area contributed by atoms with Crippen LogP contribution in [0.25, 0.3) is 11.4 Å². The van der Waals surface area contributed by atoms with E-state index >= 15 is 0 Å². The fraction of sp³-hybridized carbons (Fsp3) is 0.250. The van der Waals surface area contributed by atoms with Gasteiger partial charge in [0, 0.05) is 13.2 Å². The van der Waals surface area contributed by atoms with Crippen LogP contribution in [0.15, 0.2) is 22.9 Å². The number of hydrogen-bond donors (Lipinski definition) is 1. The molecule has 1 N–H and O–H groups in total. The zero-order valence-corrected chi connectivity index (χ0v) is 11.6. The van der Waals surface area contributed by atoms with Crippen LogP contribution in [0.5, 0.6) is 0 Å². The van der Waals surface area contributed by atoms with Gasteiger partial charge in [-0.2, -0.15) is 5.10 Å². The molecule has 0 radical (unpaired) electrons. The first-order chi connectivity index (χ1) is 8.54. The summed E-state index contributed by atoms with van der Waals surface area (Å²) in [7, 11) is 1.83. The quantitative estimate of drug-likeness (QED) is 0.946. The third-order valence-corrected chi connectivity index (χ3v) is 3.29. The summed E-state index contributed by atoms with van der Waals surface area (Å²) in [6.07, 6.45) is 3.78. The van der Waals surface area contributed by atoms with Gasteiger partial charge in [0.05, 0.1) is 21.9 Å². The van der Waals surface area contributed by atoms with Crippen molar-refractivity contribution in [2.24, 2.45) is 7.05 Å². The fourth-order valence-electron chi connectivity index (χ4n) is 1.79. The molecular weight excluding hydrogens is 298 g/mol. The van der Waals surface area contributed by atoms with Crippen molar-refractivity contribution in [1.29, 1.82) is 0 Å². The Kier molecular flexibility index (Phi) is 3.47. The molecule has 0 amide bonds. The maximum Gasteiger partial charge on any atom is 0.337 e. The SMILES string of the molecule is CCc1cc(C(=O)O)cnc1-c1c(Br)cnn1C. The molecule has 0 spiro atoms. The minimum absolute atomic E-state index is 0.203. The molecule has 0 saturated carbocycles. The van der Waals surface area contributed by atoms with Gasteiger partial charge in [-0.15, -0.1) is 0 Å². The van der Waals surface area contributed by atoms with Crippen LogP contribution >= 0.6 is 15.9 Å². The number of nitrogens with zero attached hydrogens (tertiary/aromatic N) is 3. The predicted octanol–water partition coefficient (Wildman–Crippen LogP) is 2.51. The van der Waals surface area contributed by atoms with Crippen LogP contribution < -0.4 is 0 Å². The van der Waals surface area contributed by atoms with Crippen LogP contribution in [0.2, 0.25) is 0 Å². The molecule has 5 nitrogen and oxygen atoms in total. The second kappa shape index (κ2) is 4.89. The standard InChI is InChI=1S/C12H12BrN3O2/c1-3-7-4-8(12(17)18)5-14-10(7)11-9(13)6-15-16(11)2/h4-6H,3H2,1-2H3,(H,17,18). The summed E-state index contributed by atoms with van der Waals surface area (Å²) in [5, 5.41) is 13.1. The van der Waals surface area contributed by atoms with Gasteiger partial charge in [0.2, 0.25) is 0 Å². The molecule has 0 aromatic carbocycles. The average molecular weight is 310 g/mol. The van der Waals surface area contributed by atoms with Crippen molar-refractivity contribution in [3.05, 3.63) is 34.1 Å². The monoisotopic (exact) mass is 309 g/mol. The molecule has 2 aromatic heterocycles. The van der Waals surface area contributed by atoms with Gasteiger partial charge in [-0.3, -0.25) is 9.67 Å². The zero-order valence-electron chi connectivity index (χ0n) is 10.0. The highest BCUT2D eigenvalue weighted by Crippen LogP contribution is 2.29. The normalized spacial score (nSPS) is 10.6. The third-order valence-electron chi connectivity index (χ3n) is 2.71. The van der Waals surface area contributed by atoms with Crippen LogP contribution in [0.3, 0.4) is 0 Å². The van der Waals surface area contributed by atoms with Crippen molar-refractivity contribution in [1.82, 2.24) is 14.8 Å². The highest BCUT2D eigenvalue weighted by molar-refractivity contribution is 9.10. The Morgan fingerprint density at radius 2 is 2.22 bits per heavy atom. The summed E-state index contributed by atoms with van der Waals surface area (Å²) < 4.78 is 2.56. The van der Waals surface area contributed by atoms with E-state index in [-0.39, 0.29) is 5.56 Å². The maximum absolute atomic E-state index is 10.9. The minimum atomic E-state index is -0.965. The fourth-order valence-corrected chi connectivity index (χ4v) is 2.32. The molecule has 0 aliphatic rings. The number of aromatic carboxylic acids is 1. The smallest absolute Gasteiger partial charge is 0.337 e. The lowest BCUT2D eigenvalue weighted by Crippen LogP contribution is -2.04. The first-order valence-corrected chi connectivity index (χ1v) is 6.24. The molecule has 0 aliphatic heterocycles. The van der Waals surface area contributed by atoms with E-state index in [0.29, 0.717) is 6.42 Å². The third kappa shape index (κ3) is 2.15. The van der Waals surface area contributed by atoms with Gasteiger partial charge < -0.3 is 5.11 Å². The Labute approximate surface area is 113 Å². The molecule has 0 unspecified atom stereocenters. The van der Waals surface area contributed by atoms with Gasteiger partial charge in [0.1, 0.15) is 5.69 Å². The second-order valence-electron chi connectivity index (χ2n) is 3.86. The van der Waals surface area contributed by atoms with Gasteiger partial charge >= 0.3 is 5.97 Å². The number of halogens is 1. The van der Waals surface area contributed by atoms with Gasteiger partial charge in [0.25, 0.3) is 0 Å². The Hall–Kier alpha value is -1.69. The van der Waals surface area contributed by atoms with Gasteiger partial charge in [0.15, 0.2) is 0 Å². The molecule has 0 saturated heterocycles.